The average molecular weight is 824 g/mol. The number of aliphatic hydroxyl groups is 2. The van der Waals surface area contributed by atoms with E-state index in [1.807, 2.05) is 0 Å². The highest BCUT2D eigenvalue weighted by Crippen LogP contribution is 2.16. The molecule has 0 radical (unpaired) electrons. The van der Waals surface area contributed by atoms with Crippen molar-refractivity contribution in [3.05, 3.63) is 72.9 Å². The molecule has 3 atom stereocenters. The van der Waals surface area contributed by atoms with Crippen molar-refractivity contribution in [3.8, 4) is 0 Å². The van der Waals surface area contributed by atoms with Crippen LogP contribution in [0.3, 0.4) is 0 Å². The smallest absolute Gasteiger partial charge is 0.306 e. The van der Waals surface area contributed by atoms with Gasteiger partial charge in [-0.2, -0.15) is 0 Å². The molecule has 0 aromatic heterocycles. The molecule has 0 bridgehead atoms. The van der Waals surface area contributed by atoms with E-state index in [2.05, 4.69) is 99.0 Å². The molecule has 340 valence electrons. The first-order valence-electron chi connectivity index (χ1n) is 24.7. The molecular weight excluding hydrogens is 731 g/mol. The number of allylic oxidation sites excluding steroid dienone is 12. The van der Waals surface area contributed by atoms with Crippen LogP contribution in [-0.2, 0) is 14.3 Å². The molecule has 1 amide bonds. The molecule has 0 aliphatic heterocycles. The highest BCUT2D eigenvalue weighted by Gasteiger charge is 2.24. The summed E-state index contributed by atoms with van der Waals surface area (Å²) >= 11 is 0. The zero-order valence-electron chi connectivity index (χ0n) is 38.6. The molecule has 6 heteroatoms. The third-order valence-electron chi connectivity index (χ3n) is 10.8. The molecule has 0 saturated carbocycles. The van der Waals surface area contributed by atoms with Gasteiger partial charge in [0.2, 0.25) is 5.91 Å². The quantitative estimate of drug-likeness (QED) is 0.0323. The maximum Gasteiger partial charge on any atom is 0.306 e. The van der Waals surface area contributed by atoms with Gasteiger partial charge < -0.3 is 20.3 Å². The minimum absolute atomic E-state index is 0.0328. The number of nitrogens with one attached hydrogen (secondary N) is 1. The molecule has 59 heavy (non-hydrogen) atoms. The van der Waals surface area contributed by atoms with Crippen LogP contribution in [0.4, 0.5) is 0 Å². The molecular formula is C53H93NO5. The maximum atomic E-state index is 13.2. The van der Waals surface area contributed by atoms with Gasteiger partial charge in [0.25, 0.3) is 0 Å². The largest absolute Gasteiger partial charge is 0.462 e. The van der Waals surface area contributed by atoms with Crippen LogP contribution in [0.5, 0.6) is 0 Å². The molecule has 0 aliphatic carbocycles. The van der Waals surface area contributed by atoms with Crippen molar-refractivity contribution in [3.63, 3.8) is 0 Å². The third kappa shape index (κ3) is 41.8. The van der Waals surface area contributed by atoms with Gasteiger partial charge in [-0.15, -0.1) is 0 Å². The van der Waals surface area contributed by atoms with Crippen molar-refractivity contribution >= 4 is 11.9 Å². The molecule has 0 aromatic carbocycles. The lowest BCUT2D eigenvalue weighted by molar-refractivity contribution is -0.151. The highest BCUT2D eigenvalue weighted by atomic mass is 16.5. The minimum Gasteiger partial charge on any atom is -0.462 e. The molecule has 0 saturated heterocycles. The second-order valence-corrected chi connectivity index (χ2v) is 16.5. The summed E-state index contributed by atoms with van der Waals surface area (Å²) in [6.45, 7) is 6.31. The molecule has 3 unspecified atom stereocenters. The first-order valence-corrected chi connectivity index (χ1v) is 24.7. The Morgan fingerprint density at radius 3 is 1.47 bits per heavy atom. The first-order chi connectivity index (χ1) is 29.0. The van der Waals surface area contributed by atoms with E-state index >= 15 is 0 Å². The van der Waals surface area contributed by atoms with Crippen LogP contribution in [0, 0.1) is 0 Å². The van der Waals surface area contributed by atoms with Crippen molar-refractivity contribution in [2.45, 2.75) is 244 Å². The van der Waals surface area contributed by atoms with Gasteiger partial charge in [0.15, 0.2) is 0 Å². The topological polar surface area (TPSA) is 95.9 Å². The molecule has 0 aliphatic rings. The Balaban J connectivity index is 4.74. The summed E-state index contributed by atoms with van der Waals surface area (Å²) in [6, 6.07) is -0.722. The number of aliphatic hydroxyl groups excluding tert-OH is 2. The molecule has 0 spiro atoms. The van der Waals surface area contributed by atoms with E-state index in [1.165, 1.54) is 89.9 Å². The standard InChI is InChI=1S/C53H93NO5/c1-4-7-10-13-16-19-22-24-25-26-27-28-30-32-35-38-41-44-49(59-53(58)46-43-40-37-34-31-23-20-17-14-11-8-5-2)47-52(57)54-50(48-55)51(56)45-42-39-36-33-29-21-18-15-12-9-6-3/h7,10,16-17,19-20,24-25,27-28,32,35,49-51,55-56H,4-6,8-9,11-15,18,21-23,26,29-31,33-34,36-48H2,1-3H3,(H,54,57)/b10-7-,19-16-,20-17-,25-24-,28-27-,35-32-. The van der Waals surface area contributed by atoms with Crippen LogP contribution >= 0.6 is 0 Å². The zero-order chi connectivity index (χ0) is 43.1. The number of esters is 1. The summed E-state index contributed by atoms with van der Waals surface area (Å²) in [5.74, 6) is -0.544. The van der Waals surface area contributed by atoms with Crippen molar-refractivity contribution in [1.29, 1.82) is 0 Å². The fourth-order valence-electron chi connectivity index (χ4n) is 7.04. The van der Waals surface area contributed by atoms with Gasteiger partial charge in [-0.25, -0.2) is 0 Å². The van der Waals surface area contributed by atoms with Crippen LogP contribution < -0.4 is 5.32 Å². The van der Waals surface area contributed by atoms with E-state index in [1.54, 1.807) is 0 Å². The lowest BCUT2D eigenvalue weighted by Gasteiger charge is -2.24. The molecule has 0 heterocycles. The summed E-state index contributed by atoms with van der Waals surface area (Å²) < 4.78 is 5.89. The Hall–Kier alpha value is -2.70. The summed E-state index contributed by atoms with van der Waals surface area (Å²) in [5, 5.41) is 23.7. The normalized spacial score (nSPS) is 13.9. The Bertz CT molecular complexity index is 1110. The molecule has 6 nitrogen and oxygen atoms in total. The Morgan fingerprint density at radius 2 is 0.932 bits per heavy atom. The second kappa shape index (κ2) is 46.4. The zero-order valence-corrected chi connectivity index (χ0v) is 38.6. The number of rotatable bonds is 43. The minimum atomic E-state index is -0.805. The molecule has 3 N–H and O–H groups in total. The van der Waals surface area contributed by atoms with Gasteiger partial charge in [-0.1, -0.05) is 196 Å². The average Bonchev–Trinajstić information content (AvgIpc) is 3.23. The first kappa shape index (κ1) is 56.3. The van der Waals surface area contributed by atoms with E-state index in [-0.39, 0.29) is 24.9 Å². The predicted octanol–water partition coefficient (Wildman–Crippen LogP) is 14.6. The number of hydrogen-bond donors (Lipinski definition) is 3. The van der Waals surface area contributed by atoms with Crippen molar-refractivity contribution in [2.75, 3.05) is 6.61 Å². The summed E-state index contributed by atoms with van der Waals surface area (Å²) in [7, 11) is 0. The van der Waals surface area contributed by atoms with Gasteiger partial charge >= 0.3 is 5.97 Å². The second-order valence-electron chi connectivity index (χ2n) is 16.5. The Morgan fingerprint density at radius 1 is 0.508 bits per heavy atom. The fraction of sp³-hybridized carbons (Fsp3) is 0.736. The Kier molecular flexibility index (Phi) is 44.2. The monoisotopic (exact) mass is 824 g/mol. The number of unbranched alkanes of at least 4 members (excludes halogenated alkanes) is 19. The van der Waals surface area contributed by atoms with Crippen LogP contribution in [-0.4, -0.2) is 46.9 Å². The van der Waals surface area contributed by atoms with Crippen LogP contribution in [0.25, 0.3) is 0 Å². The third-order valence-corrected chi connectivity index (χ3v) is 10.8. The van der Waals surface area contributed by atoms with Crippen molar-refractivity contribution in [2.24, 2.45) is 0 Å². The molecule has 0 aromatic rings. The van der Waals surface area contributed by atoms with Crippen molar-refractivity contribution in [1.82, 2.24) is 5.32 Å². The lowest BCUT2D eigenvalue weighted by Crippen LogP contribution is -2.46. The van der Waals surface area contributed by atoms with Gasteiger partial charge in [-0.3, -0.25) is 9.59 Å². The van der Waals surface area contributed by atoms with E-state index in [0.717, 1.165) is 89.9 Å². The van der Waals surface area contributed by atoms with E-state index in [9.17, 15) is 19.8 Å². The van der Waals surface area contributed by atoms with E-state index < -0.39 is 18.2 Å². The Labute approximate surface area is 364 Å². The SMILES string of the molecule is CC/C=C\C/C=C\C/C=C\C/C=C\C/C=C\CCCC(CC(=O)NC(CO)C(O)CCCCCCCCCCCCC)OC(=O)CCCCCCC/C=C\CCCCC. The van der Waals surface area contributed by atoms with Crippen LogP contribution in [0.15, 0.2) is 72.9 Å². The van der Waals surface area contributed by atoms with Gasteiger partial charge in [0, 0.05) is 6.42 Å². The highest BCUT2D eigenvalue weighted by molar-refractivity contribution is 5.77. The molecule has 0 rings (SSSR count). The predicted molar refractivity (Wildman–Crippen MR) is 255 cm³/mol. The van der Waals surface area contributed by atoms with Gasteiger partial charge in [-0.05, 0) is 89.9 Å². The van der Waals surface area contributed by atoms with E-state index in [0.29, 0.717) is 19.3 Å². The maximum absolute atomic E-state index is 13.2. The fourth-order valence-corrected chi connectivity index (χ4v) is 7.04. The van der Waals surface area contributed by atoms with E-state index in [4.69, 9.17) is 4.74 Å². The number of amides is 1. The summed E-state index contributed by atoms with van der Waals surface area (Å²) in [5.41, 5.74) is 0. The van der Waals surface area contributed by atoms with Gasteiger partial charge in [0.1, 0.15) is 6.10 Å². The molecule has 0 fully saturated rings. The number of carbonyl (C=O) groups is 2. The number of ether oxygens (including phenoxy) is 1. The number of hydrogen-bond acceptors (Lipinski definition) is 5. The number of carbonyl (C=O) groups excluding carboxylic acids is 2. The summed E-state index contributed by atoms with van der Waals surface area (Å²) in [6.07, 6.45) is 58.2. The summed E-state index contributed by atoms with van der Waals surface area (Å²) in [4.78, 5) is 26.1. The van der Waals surface area contributed by atoms with Crippen LogP contribution in [0.1, 0.15) is 226 Å². The van der Waals surface area contributed by atoms with Crippen molar-refractivity contribution < 1.29 is 24.5 Å². The van der Waals surface area contributed by atoms with Crippen LogP contribution in [0.2, 0.25) is 0 Å². The lowest BCUT2D eigenvalue weighted by atomic mass is 10.0. The van der Waals surface area contributed by atoms with Gasteiger partial charge in [0.05, 0.1) is 25.2 Å².